The monoisotopic (exact) mass is 246 g/mol. The van der Waals surface area contributed by atoms with Gasteiger partial charge in [-0.1, -0.05) is 49.6 Å². The quantitative estimate of drug-likeness (QED) is 0.618. The molecule has 1 fully saturated rings. The molecule has 100 valence electrons. The second-order valence-corrected chi connectivity index (χ2v) is 5.81. The van der Waals surface area contributed by atoms with E-state index in [1.165, 1.54) is 36.8 Å². The molecule has 0 bridgehead atoms. The Morgan fingerprint density at radius 2 is 2.22 bits per heavy atom. The molecule has 2 heteroatoms. The molecule has 3 unspecified atom stereocenters. The van der Waals surface area contributed by atoms with Crippen molar-refractivity contribution in [3.05, 3.63) is 35.4 Å². The van der Waals surface area contributed by atoms with Crippen LogP contribution in [0.15, 0.2) is 24.3 Å². The number of nitrogens with two attached hydrogens (primary N) is 1. The molecular formula is C16H26N2. The van der Waals surface area contributed by atoms with E-state index in [9.17, 15) is 0 Å². The van der Waals surface area contributed by atoms with Gasteiger partial charge in [-0.2, -0.15) is 0 Å². The SMILES string of the molecule is CCC1CCC(C(Cc2cccc(C)c2)NN)C1. The minimum atomic E-state index is 0.434. The zero-order chi connectivity index (χ0) is 13.0. The van der Waals surface area contributed by atoms with Gasteiger partial charge in [0.1, 0.15) is 0 Å². The Bertz CT molecular complexity index is 375. The second kappa shape index (κ2) is 6.35. The smallest absolute Gasteiger partial charge is 0.0279 e. The first-order valence-electron chi connectivity index (χ1n) is 7.24. The molecule has 2 rings (SSSR count). The van der Waals surface area contributed by atoms with E-state index in [-0.39, 0.29) is 0 Å². The van der Waals surface area contributed by atoms with Crippen LogP contribution in [-0.4, -0.2) is 6.04 Å². The lowest BCUT2D eigenvalue weighted by atomic mass is 9.91. The van der Waals surface area contributed by atoms with Crippen molar-refractivity contribution in [1.82, 2.24) is 5.43 Å². The van der Waals surface area contributed by atoms with Gasteiger partial charge in [-0.3, -0.25) is 11.3 Å². The molecule has 3 atom stereocenters. The first-order chi connectivity index (χ1) is 8.72. The number of hydrogen-bond acceptors (Lipinski definition) is 2. The van der Waals surface area contributed by atoms with Crippen LogP contribution in [0.3, 0.4) is 0 Å². The largest absolute Gasteiger partial charge is 0.271 e. The Hall–Kier alpha value is -0.860. The lowest BCUT2D eigenvalue weighted by Gasteiger charge is -2.23. The number of nitrogens with one attached hydrogen (secondary N) is 1. The first-order valence-corrected chi connectivity index (χ1v) is 7.24. The number of benzene rings is 1. The van der Waals surface area contributed by atoms with Gasteiger partial charge in [0.25, 0.3) is 0 Å². The van der Waals surface area contributed by atoms with E-state index in [2.05, 4.69) is 43.5 Å². The number of hydrazine groups is 1. The summed E-state index contributed by atoms with van der Waals surface area (Å²) in [7, 11) is 0. The van der Waals surface area contributed by atoms with Crippen LogP contribution in [-0.2, 0) is 6.42 Å². The highest BCUT2D eigenvalue weighted by Gasteiger charge is 2.29. The molecule has 0 aliphatic heterocycles. The van der Waals surface area contributed by atoms with Crippen LogP contribution in [0.25, 0.3) is 0 Å². The highest BCUT2D eigenvalue weighted by Crippen LogP contribution is 2.35. The van der Waals surface area contributed by atoms with Gasteiger partial charge in [0, 0.05) is 6.04 Å². The molecule has 2 nitrogen and oxygen atoms in total. The maximum atomic E-state index is 5.78. The fourth-order valence-corrected chi connectivity index (χ4v) is 3.30. The molecule has 0 spiro atoms. The summed E-state index contributed by atoms with van der Waals surface area (Å²) in [6.07, 6.45) is 6.43. The summed E-state index contributed by atoms with van der Waals surface area (Å²) in [5.41, 5.74) is 5.79. The Balaban J connectivity index is 1.97. The van der Waals surface area contributed by atoms with Crippen molar-refractivity contribution in [3.8, 4) is 0 Å². The predicted octanol–water partition coefficient (Wildman–Crippen LogP) is 3.20. The Kier molecular flexibility index (Phi) is 4.79. The van der Waals surface area contributed by atoms with E-state index >= 15 is 0 Å². The molecule has 1 aliphatic carbocycles. The standard InChI is InChI=1S/C16H26N2/c1-3-13-7-8-15(10-13)16(18-17)11-14-6-4-5-12(2)9-14/h4-6,9,13,15-16,18H,3,7-8,10-11,17H2,1-2H3. The lowest BCUT2D eigenvalue weighted by molar-refractivity contribution is 0.348. The molecule has 1 aromatic rings. The van der Waals surface area contributed by atoms with Gasteiger partial charge in [0.15, 0.2) is 0 Å². The van der Waals surface area contributed by atoms with Gasteiger partial charge in [0.05, 0.1) is 0 Å². The highest BCUT2D eigenvalue weighted by molar-refractivity contribution is 5.23. The molecule has 0 aromatic heterocycles. The van der Waals surface area contributed by atoms with Gasteiger partial charge in [-0.25, -0.2) is 0 Å². The summed E-state index contributed by atoms with van der Waals surface area (Å²) in [5.74, 6) is 7.45. The van der Waals surface area contributed by atoms with Gasteiger partial charge < -0.3 is 0 Å². The van der Waals surface area contributed by atoms with E-state index < -0.39 is 0 Å². The van der Waals surface area contributed by atoms with Crippen molar-refractivity contribution in [3.63, 3.8) is 0 Å². The van der Waals surface area contributed by atoms with Crippen molar-refractivity contribution < 1.29 is 0 Å². The third-order valence-electron chi connectivity index (χ3n) is 4.48. The zero-order valence-corrected chi connectivity index (χ0v) is 11.7. The van der Waals surface area contributed by atoms with Crippen LogP contribution in [0.2, 0.25) is 0 Å². The normalized spacial score (nSPS) is 25.3. The summed E-state index contributed by atoms with van der Waals surface area (Å²) >= 11 is 0. The average Bonchev–Trinajstić information content (AvgIpc) is 2.84. The fraction of sp³-hybridized carbons (Fsp3) is 0.625. The Labute approximate surface area is 111 Å². The fourth-order valence-electron chi connectivity index (χ4n) is 3.30. The molecular weight excluding hydrogens is 220 g/mol. The average molecular weight is 246 g/mol. The minimum Gasteiger partial charge on any atom is -0.271 e. The molecule has 0 amide bonds. The van der Waals surface area contributed by atoms with Crippen LogP contribution in [0.5, 0.6) is 0 Å². The van der Waals surface area contributed by atoms with E-state index in [1.807, 2.05) is 0 Å². The summed E-state index contributed by atoms with van der Waals surface area (Å²) in [4.78, 5) is 0. The van der Waals surface area contributed by atoms with Crippen molar-refractivity contribution >= 4 is 0 Å². The summed E-state index contributed by atoms with van der Waals surface area (Å²) in [5, 5.41) is 0. The van der Waals surface area contributed by atoms with E-state index in [1.54, 1.807) is 0 Å². The molecule has 1 saturated carbocycles. The molecule has 3 N–H and O–H groups in total. The van der Waals surface area contributed by atoms with Crippen LogP contribution < -0.4 is 11.3 Å². The Morgan fingerprint density at radius 3 is 2.83 bits per heavy atom. The number of aryl methyl sites for hydroxylation is 1. The van der Waals surface area contributed by atoms with Gasteiger partial charge in [0.2, 0.25) is 0 Å². The van der Waals surface area contributed by atoms with Crippen molar-refractivity contribution in [2.75, 3.05) is 0 Å². The van der Waals surface area contributed by atoms with Crippen LogP contribution in [0, 0.1) is 18.8 Å². The van der Waals surface area contributed by atoms with Crippen LogP contribution in [0.1, 0.15) is 43.7 Å². The van der Waals surface area contributed by atoms with Crippen molar-refractivity contribution in [1.29, 1.82) is 0 Å². The zero-order valence-electron chi connectivity index (χ0n) is 11.7. The van der Waals surface area contributed by atoms with Crippen LogP contribution in [0.4, 0.5) is 0 Å². The highest BCUT2D eigenvalue weighted by atomic mass is 15.2. The third-order valence-corrected chi connectivity index (χ3v) is 4.48. The van der Waals surface area contributed by atoms with Crippen molar-refractivity contribution in [2.24, 2.45) is 17.7 Å². The predicted molar refractivity (Wildman–Crippen MR) is 77.1 cm³/mol. The second-order valence-electron chi connectivity index (χ2n) is 5.81. The van der Waals surface area contributed by atoms with Gasteiger partial charge in [-0.05, 0) is 43.6 Å². The molecule has 1 aliphatic rings. The van der Waals surface area contributed by atoms with E-state index in [0.29, 0.717) is 6.04 Å². The summed E-state index contributed by atoms with van der Waals surface area (Å²) < 4.78 is 0. The topological polar surface area (TPSA) is 38.0 Å². The van der Waals surface area contributed by atoms with Gasteiger partial charge in [-0.15, -0.1) is 0 Å². The maximum Gasteiger partial charge on any atom is 0.0279 e. The molecule has 0 heterocycles. The molecule has 1 aromatic carbocycles. The van der Waals surface area contributed by atoms with Crippen LogP contribution >= 0.6 is 0 Å². The number of rotatable bonds is 5. The summed E-state index contributed by atoms with van der Waals surface area (Å²) in [6.45, 7) is 4.45. The Morgan fingerprint density at radius 1 is 1.39 bits per heavy atom. The minimum absolute atomic E-state index is 0.434. The lowest BCUT2D eigenvalue weighted by Crippen LogP contribution is -2.41. The summed E-state index contributed by atoms with van der Waals surface area (Å²) in [6, 6.07) is 9.21. The van der Waals surface area contributed by atoms with E-state index in [4.69, 9.17) is 5.84 Å². The maximum absolute atomic E-state index is 5.78. The molecule has 18 heavy (non-hydrogen) atoms. The van der Waals surface area contributed by atoms with E-state index in [0.717, 1.165) is 18.3 Å². The molecule has 0 radical (unpaired) electrons. The third kappa shape index (κ3) is 3.33. The molecule has 0 saturated heterocycles. The number of hydrogen-bond donors (Lipinski definition) is 2. The van der Waals surface area contributed by atoms with Gasteiger partial charge >= 0.3 is 0 Å². The first kappa shape index (κ1) is 13.6. The van der Waals surface area contributed by atoms with Crippen molar-refractivity contribution in [2.45, 2.75) is 52.0 Å².